The van der Waals surface area contributed by atoms with Gasteiger partial charge in [-0.15, -0.1) is 0 Å². The van der Waals surface area contributed by atoms with E-state index in [2.05, 4.69) is 4.98 Å². The number of hydrogen-bond donors (Lipinski definition) is 2. The van der Waals surface area contributed by atoms with Gasteiger partial charge in [0.25, 0.3) is 0 Å². The van der Waals surface area contributed by atoms with Gasteiger partial charge in [-0.1, -0.05) is 0 Å². The topological polar surface area (TPSA) is 72.0 Å². The monoisotopic (exact) mass is 287 g/mol. The molecule has 1 aromatic rings. The van der Waals surface area contributed by atoms with Crippen LogP contribution in [0, 0.1) is 5.41 Å². The predicted molar refractivity (Wildman–Crippen MR) is 68.1 cm³/mol. The van der Waals surface area contributed by atoms with Crippen molar-refractivity contribution in [1.82, 2.24) is 4.98 Å². The molecule has 1 aliphatic rings. The molecule has 2 rings (SSSR count). The summed E-state index contributed by atoms with van der Waals surface area (Å²) >= 11 is 0. The molecule has 20 heavy (non-hydrogen) atoms. The molecule has 7 heteroatoms. The summed E-state index contributed by atoms with van der Waals surface area (Å²) in [6.45, 7) is -0.0917. The Morgan fingerprint density at radius 3 is 2.80 bits per heavy atom. The molecule has 0 saturated heterocycles. The van der Waals surface area contributed by atoms with Crippen LogP contribution in [0.2, 0.25) is 0 Å². The van der Waals surface area contributed by atoms with Crippen molar-refractivity contribution in [1.29, 1.82) is 5.41 Å². The molecular formula is C13H16F3N3O. The summed E-state index contributed by atoms with van der Waals surface area (Å²) in [7, 11) is 0. The first-order valence-corrected chi connectivity index (χ1v) is 6.43. The number of aryl methyl sites for hydroxylation is 2. The molecule has 0 atom stereocenters. The molecule has 0 saturated carbocycles. The second-order valence-electron chi connectivity index (χ2n) is 4.78. The normalized spacial score (nSPS) is 14.2. The van der Waals surface area contributed by atoms with Crippen LogP contribution in [0.25, 0.3) is 0 Å². The molecule has 0 amide bonds. The average Bonchev–Trinajstić information content (AvgIpc) is 2.79. The first-order chi connectivity index (χ1) is 9.37. The van der Waals surface area contributed by atoms with Gasteiger partial charge in [-0.05, 0) is 37.3 Å². The third kappa shape index (κ3) is 3.61. The molecule has 0 spiro atoms. The zero-order valence-corrected chi connectivity index (χ0v) is 10.9. The van der Waals surface area contributed by atoms with Crippen LogP contribution >= 0.6 is 0 Å². The van der Waals surface area contributed by atoms with E-state index < -0.39 is 12.6 Å². The van der Waals surface area contributed by atoms with E-state index >= 15 is 0 Å². The standard InChI is InChI=1S/C13H16F3N3O/c14-13(15,16)5-2-6-20-12-9(11(17)18)7-8-3-1-4-10(8)19-12/h7H,1-6H2,(H3,17,18). The predicted octanol–water partition coefficient (Wildman–Crippen LogP) is 2.58. The van der Waals surface area contributed by atoms with Crippen molar-refractivity contribution >= 4 is 5.84 Å². The van der Waals surface area contributed by atoms with Gasteiger partial charge in [-0.2, -0.15) is 13.2 Å². The smallest absolute Gasteiger partial charge is 0.389 e. The van der Waals surface area contributed by atoms with E-state index in [1.165, 1.54) is 0 Å². The Bertz CT molecular complexity index is 514. The number of halogens is 3. The fourth-order valence-corrected chi connectivity index (χ4v) is 2.20. The van der Waals surface area contributed by atoms with Crippen molar-refractivity contribution in [3.63, 3.8) is 0 Å². The number of nitrogen functional groups attached to an aromatic ring is 1. The van der Waals surface area contributed by atoms with Crippen LogP contribution < -0.4 is 10.5 Å². The molecule has 0 unspecified atom stereocenters. The lowest BCUT2D eigenvalue weighted by atomic mass is 10.1. The van der Waals surface area contributed by atoms with Gasteiger partial charge in [0, 0.05) is 12.1 Å². The number of nitrogens with two attached hydrogens (primary N) is 1. The third-order valence-corrected chi connectivity index (χ3v) is 3.15. The number of hydrogen-bond acceptors (Lipinski definition) is 3. The number of ether oxygens (including phenoxy) is 1. The summed E-state index contributed by atoms with van der Waals surface area (Å²) in [6.07, 6.45) is -2.52. The Kier molecular flexibility index (Phi) is 4.15. The number of nitrogens with zero attached hydrogens (tertiary/aromatic N) is 1. The molecule has 1 aliphatic carbocycles. The lowest BCUT2D eigenvalue weighted by Crippen LogP contribution is -2.16. The van der Waals surface area contributed by atoms with E-state index in [4.69, 9.17) is 15.9 Å². The molecule has 3 N–H and O–H groups in total. The number of nitrogens with one attached hydrogen (secondary N) is 1. The van der Waals surface area contributed by atoms with Crippen molar-refractivity contribution in [2.24, 2.45) is 5.73 Å². The summed E-state index contributed by atoms with van der Waals surface area (Å²) in [5.74, 6) is -0.0154. The van der Waals surface area contributed by atoms with Crippen LogP contribution in [0.3, 0.4) is 0 Å². The maximum Gasteiger partial charge on any atom is 0.389 e. The van der Waals surface area contributed by atoms with Crippen LogP contribution in [0.4, 0.5) is 13.2 Å². The van der Waals surface area contributed by atoms with E-state index in [1.807, 2.05) is 0 Å². The van der Waals surface area contributed by atoms with Gasteiger partial charge in [-0.3, -0.25) is 5.41 Å². The third-order valence-electron chi connectivity index (χ3n) is 3.15. The summed E-state index contributed by atoms with van der Waals surface area (Å²) in [5, 5.41) is 7.50. The maximum atomic E-state index is 12.0. The quantitative estimate of drug-likeness (QED) is 0.496. The van der Waals surface area contributed by atoms with E-state index in [0.29, 0.717) is 5.56 Å². The molecule has 1 heterocycles. The average molecular weight is 287 g/mol. The number of aromatic nitrogens is 1. The van der Waals surface area contributed by atoms with Crippen molar-refractivity contribution in [3.05, 3.63) is 22.9 Å². The summed E-state index contributed by atoms with van der Waals surface area (Å²) < 4.78 is 41.4. The number of rotatable bonds is 5. The van der Waals surface area contributed by atoms with Gasteiger partial charge < -0.3 is 10.5 Å². The highest BCUT2D eigenvalue weighted by Crippen LogP contribution is 2.27. The zero-order valence-electron chi connectivity index (χ0n) is 10.9. The van der Waals surface area contributed by atoms with E-state index in [9.17, 15) is 13.2 Å². The minimum absolute atomic E-state index is 0.0917. The molecule has 0 aliphatic heterocycles. The van der Waals surface area contributed by atoms with Crippen LogP contribution in [0.1, 0.15) is 36.1 Å². The molecule has 0 radical (unpaired) electrons. The van der Waals surface area contributed by atoms with Crippen molar-refractivity contribution in [2.45, 2.75) is 38.3 Å². The Morgan fingerprint density at radius 2 is 2.15 bits per heavy atom. The largest absolute Gasteiger partial charge is 0.477 e. The van der Waals surface area contributed by atoms with Crippen LogP contribution in [0.5, 0.6) is 5.88 Å². The molecule has 0 fully saturated rings. The molecule has 0 bridgehead atoms. The molecular weight excluding hydrogens is 271 g/mol. The fraction of sp³-hybridized carbons (Fsp3) is 0.538. The maximum absolute atomic E-state index is 12.0. The lowest BCUT2D eigenvalue weighted by Gasteiger charge is -2.12. The zero-order chi connectivity index (χ0) is 14.8. The summed E-state index contributed by atoms with van der Waals surface area (Å²) in [4.78, 5) is 4.28. The minimum Gasteiger partial charge on any atom is -0.477 e. The fourth-order valence-electron chi connectivity index (χ4n) is 2.20. The summed E-state index contributed by atoms with van der Waals surface area (Å²) in [6, 6.07) is 1.76. The molecule has 0 aromatic carbocycles. The number of alkyl halides is 3. The second-order valence-corrected chi connectivity index (χ2v) is 4.78. The molecule has 1 aromatic heterocycles. The highest BCUT2D eigenvalue weighted by Gasteiger charge is 2.26. The SMILES string of the molecule is N=C(N)c1cc2c(nc1OCCCC(F)(F)F)CCC2. The van der Waals surface area contributed by atoms with Crippen LogP contribution in [0.15, 0.2) is 6.07 Å². The van der Waals surface area contributed by atoms with Crippen molar-refractivity contribution in [3.8, 4) is 5.88 Å². The van der Waals surface area contributed by atoms with Gasteiger partial charge >= 0.3 is 6.18 Å². The van der Waals surface area contributed by atoms with Gasteiger partial charge in [0.1, 0.15) is 5.84 Å². The number of amidine groups is 1. The van der Waals surface area contributed by atoms with Crippen molar-refractivity contribution in [2.75, 3.05) is 6.61 Å². The Hall–Kier alpha value is -1.79. The van der Waals surface area contributed by atoms with Crippen molar-refractivity contribution < 1.29 is 17.9 Å². The van der Waals surface area contributed by atoms with Gasteiger partial charge in [0.2, 0.25) is 5.88 Å². The van der Waals surface area contributed by atoms with E-state index in [-0.39, 0.29) is 24.7 Å². The highest BCUT2D eigenvalue weighted by molar-refractivity contribution is 5.97. The lowest BCUT2D eigenvalue weighted by molar-refractivity contribution is -0.136. The second kappa shape index (κ2) is 5.68. The van der Waals surface area contributed by atoms with E-state index in [0.717, 1.165) is 30.5 Å². The molecule has 110 valence electrons. The Morgan fingerprint density at radius 1 is 1.40 bits per heavy atom. The first kappa shape index (κ1) is 14.6. The Balaban J connectivity index is 2.05. The number of fused-ring (bicyclic) bond motifs is 1. The van der Waals surface area contributed by atoms with Crippen LogP contribution in [-0.2, 0) is 12.8 Å². The molecule has 4 nitrogen and oxygen atoms in total. The first-order valence-electron chi connectivity index (χ1n) is 6.43. The van der Waals surface area contributed by atoms with Gasteiger partial charge in [0.15, 0.2) is 0 Å². The summed E-state index contributed by atoms with van der Waals surface area (Å²) in [5.41, 5.74) is 7.75. The van der Waals surface area contributed by atoms with Gasteiger partial charge in [0.05, 0.1) is 12.2 Å². The minimum atomic E-state index is -4.18. The number of pyridine rings is 1. The van der Waals surface area contributed by atoms with E-state index in [1.54, 1.807) is 6.07 Å². The highest BCUT2D eigenvalue weighted by atomic mass is 19.4. The van der Waals surface area contributed by atoms with Crippen LogP contribution in [-0.4, -0.2) is 23.6 Å². The van der Waals surface area contributed by atoms with Gasteiger partial charge in [-0.25, -0.2) is 4.98 Å². The Labute approximate surface area is 114 Å².